The molecule has 0 spiro atoms. The van der Waals surface area contributed by atoms with E-state index in [-0.39, 0.29) is 12.8 Å². The number of aliphatic hydroxyl groups is 1. The zero-order chi connectivity index (χ0) is 16.9. The minimum absolute atomic E-state index is 0.218. The molecule has 3 nitrogen and oxygen atoms in total. The Balaban J connectivity index is 2.02. The van der Waals surface area contributed by atoms with E-state index in [0.717, 1.165) is 5.56 Å². The Morgan fingerprint density at radius 1 is 1.04 bits per heavy atom. The van der Waals surface area contributed by atoms with Gasteiger partial charge in [0.2, 0.25) is 5.78 Å². The van der Waals surface area contributed by atoms with Crippen molar-refractivity contribution in [1.82, 2.24) is 0 Å². The molecular formula is C18H19F2NO2. The first kappa shape index (κ1) is 17.2. The van der Waals surface area contributed by atoms with E-state index < -0.39 is 23.9 Å². The SMILES string of the molecule is NC(C(=O)C(F)(F)C(O)CCc1ccccc1)c1ccccc1. The summed E-state index contributed by atoms with van der Waals surface area (Å²) in [5.41, 5.74) is 6.75. The molecule has 5 heteroatoms. The van der Waals surface area contributed by atoms with E-state index in [9.17, 15) is 18.7 Å². The molecule has 2 unspecified atom stereocenters. The van der Waals surface area contributed by atoms with E-state index in [2.05, 4.69) is 0 Å². The second-order valence-electron chi connectivity index (χ2n) is 5.42. The third-order valence-electron chi connectivity index (χ3n) is 3.74. The van der Waals surface area contributed by atoms with Crippen LogP contribution < -0.4 is 5.73 Å². The van der Waals surface area contributed by atoms with E-state index in [4.69, 9.17) is 5.73 Å². The number of nitrogens with two attached hydrogens (primary N) is 1. The summed E-state index contributed by atoms with van der Waals surface area (Å²) >= 11 is 0. The fourth-order valence-corrected chi connectivity index (χ4v) is 2.31. The lowest BCUT2D eigenvalue weighted by Gasteiger charge is -2.24. The highest BCUT2D eigenvalue weighted by Gasteiger charge is 2.48. The highest BCUT2D eigenvalue weighted by molar-refractivity contribution is 5.91. The van der Waals surface area contributed by atoms with E-state index >= 15 is 0 Å². The molecule has 0 aliphatic rings. The van der Waals surface area contributed by atoms with Crippen LogP contribution in [0.25, 0.3) is 0 Å². The molecule has 0 aromatic heterocycles. The second-order valence-corrected chi connectivity index (χ2v) is 5.42. The van der Waals surface area contributed by atoms with Gasteiger partial charge in [-0.3, -0.25) is 4.79 Å². The van der Waals surface area contributed by atoms with Gasteiger partial charge in [-0.15, -0.1) is 0 Å². The Kier molecular flexibility index (Phi) is 5.58. The molecule has 2 atom stereocenters. The Hall–Kier alpha value is -2.11. The van der Waals surface area contributed by atoms with Gasteiger partial charge in [0.25, 0.3) is 0 Å². The van der Waals surface area contributed by atoms with E-state index in [1.54, 1.807) is 42.5 Å². The molecular weight excluding hydrogens is 300 g/mol. The predicted octanol–water partition coefficient (Wildman–Crippen LogP) is 2.88. The summed E-state index contributed by atoms with van der Waals surface area (Å²) in [6, 6.07) is 15.4. The molecule has 0 radical (unpaired) electrons. The number of benzene rings is 2. The molecule has 0 heterocycles. The summed E-state index contributed by atoms with van der Waals surface area (Å²) in [5, 5.41) is 9.78. The standard InChI is InChI=1S/C18H19F2NO2/c19-18(20,15(22)12-11-13-7-3-1-4-8-13)17(23)16(21)14-9-5-2-6-10-14/h1-10,15-16,22H,11-12,21H2. The molecule has 2 aromatic carbocycles. The van der Waals surface area contributed by atoms with Gasteiger partial charge in [0, 0.05) is 0 Å². The maximum atomic E-state index is 14.2. The van der Waals surface area contributed by atoms with Crippen LogP contribution >= 0.6 is 0 Å². The molecule has 0 bridgehead atoms. The van der Waals surface area contributed by atoms with Crippen molar-refractivity contribution in [3.8, 4) is 0 Å². The normalized spacial score (nSPS) is 14.3. The van der Waals surface area contributed by atoms with Crippen molar-refractivity contribution in [2.75, 3.05) is 0 Å². The molecule has 3 N–H and O–H groups in total. The zero-order valence-corrected chi connectivity index (χ0v) is 12.5. The van der Waals surface area contributed by atoms with E-state index in [1.807, 2.05) is 6.07 Å². The molecule has 0 amide bonds. The van der Waals surface area contributed by atoms with Crippen LogP contribution in [0.4, 0.5) is 8.78 Å². The van der Waals surface area contributed by atoms with Gasteiger partial charge in [-0.25, -0.2) is 0 Å². The summed E-state index contributed by atoms with van der Waals surface area (Å²) in [5.74, 6) is -5.35. The fourth-order valence-electron chi connectivity index (χ4n) is 2.31. The lowest BCUT2D eigenvalue weighted by atomic mass is 9.94. The van der Waals surface area contributed by atoms with Crippen LogP contribution in [0.2, 0.25) is 0 Å². The molecule has 2 aromatic rings. The van der Waals surface area contributed by atoms with Gasteiger partial charge in [0.15, 0.2) is 0 Å². The quantitative estimate of drug-likeness (QED) is 0.825. The van der Waals surface area contributed by atoms with Gasteiger partial charge < -0.3 is 10.8 Å². The zero-order valence-electron chi connectivity index (χ0n) is 12.5. The number of halogens is 2. The van der Waals surface area contributed by atoms with Gasteiger partial charge in [-0.05, 0) is 24.0 Å². The van der Waals surface area contributed by atoms with Gasteiger partial charge >= 0.3 is 5.92 Å². The first-order chi connectivity index (χ1) is 10.9. The molecule has 0 aliphatic carbocycles. The average molecular weight is 319 g/mol. The number of carbonyl (C=O) groups is 1. The van der Waals surface area contributed by atoms with E-state index in [1.165, 1.54) is 12.1 Å². The van der Waals surface area contributed by atoms with Crippen LogP contribution in [-0.2, 0) is 11.2 Å². The fraction of sp³-hybridized carbons (Fsp3) is 0.278. The van der Waals surface area contributed by atoms with Crippen molar-refractivity contribution in [1.29, 1.82) is 0 Å². The van der Waals surface area contributed by atoms with Crippen LogP contribution in [0.5, 0.6) is 0 Å². The van der Waals surface area contributed by atoms with Crippen molar-refractivity contribution in [2.24, 2.45) is 5.73 Å². The van der Waals surface area contributed by atoms with Crippen molar-refractivity contribution in [3.05, 3.63) is 71.8 Å². The van der Waals surface area contributed by atoms with Gasteiger partial charge in [-0.2, -0.15) is 8.78 Å². The van der Waals surface area contributed by atoms with Crippen LogP contribution in [-0.4, -0.2) is 22.9 Å². The number of aliphatic hydroxyl groups excluding tert-OH is 1. The van der Waals surface area contributed by atoms with Crippen molar-refractivity contribution >= 4 is 5.78 Å². The maximum absolute atomic E-state index is 14.2. The second kappa shape index (κ2) is 7.44. The van der Waals surface area contributed by atoms with Crippen LogP contribution in [0.1, 0.15) is 23.6 Å². The number of Topliss-reactive ketones (excluding diaryl/α,β-unsaturated/α-hetero) is 1. The largest absolute Gasteiger partial charge is 0.386 e. The lowest BCUT2D eigenvalue weighted by molar-refractivity contribution is -0.163. The first-order valence-corrected chi connectivity index (χ1v) is 7.37. The van der Waals surface area contributed by atoms with Crippen LogP contribution in [0.3, 0.4) is 0 Å². The van der Waals surface area contributed by atoms with Crippen molar-refractivity contribution in [2.45, 2.75) is 30.9 Å². The van der Waals surface area contributed by atoms with Crippen LogP contribution in [0, 0.1) is 0 Å². The Morgan fingerprint density at radius 3 is 2.13 bits per heavy atom. The molecule has 0 saturated carbocycles. The van der Waals surface area contributed by atoms with Gasteiger partial charge in [-0.1, -0.05) is 60.7 Å². The maximum Gasteiger partial charge on any atom is 0.332 e. The number of alkyl halides is 2. The highest BCUT2D eigenvalue weighted by Crippen LogP contribution is 2.28. The Bertz CT molecular complexity index is 632. The highest BCUT2D eigenvalue weighted by atomic mass is 19.3. The van der Waals surface area contributed by atoms with Gasteiger partial charge in [0.1, 0.15) is 6.10 Å². The number of hydrogen-bond donors (Lipinski definition) is 2. The minimum atomic E-state index is -3.88. The lowest BCUT2D eigenvalue weighted by Crippen LogP contribution is -2.46. The number of carbonyl (C=O) groups excluding carboxylic acids is 1. The molecule has 23 heavy (non-hydrogen) atoms. The number of aryl methyl sites for hydroxylation is 1. The molecule has 0 saturated heterocycles. The topological polar surface area (TPSA) is 63.3 Å². The van der Waals surface area contributed by atoms with Gasteiger partial charge in [0.05, 0.1) is 6.04 Å². The monoisotopic (exact) mass is 319 g/mol. The third kappa shape index (κ3) is 4.21. The molecule has 122 valence electrons. The van der Waals surface area contributed by atoms with Crippen LogP contribution in [0.15, 0.2) is 60.7 Å². The molecule has 2 rings (SSSR count). The summed E-state index contributed by atoms with van der Waals surface area (Å²) in [7, 11) is 0. The molecule has 0 aliphatic heterocycles. The number of ketones is 1. The first-order valence-electron chi connectivity index (χ1n) is 7.37. The average Bonchev–Trinajstić information content (AvgIpc) is 2.59. The Morgan fingerprint density at radius 2 is 1.57 bits per heavy atom. The van der Waals surface area contributed by atoms with Crippen molar-refractivity contribution in [3.63, 3.8) is 0 Å². The summed E-state index contributed by atoms with van der Waals surface area (Å²) in [6.07, 6.45) is -2.03. The third-order valence-corrected chi connectivity index (χ3v) is 3.74. The van der Waals surface area contributed by atoms with Crippen molar-refractivity contribution < 1.29 is 18.7 Å². The smallest absolute Gasteiger partial charge is 0.332 e. The number of rotatable bonds is 7. The summed E-state index contributed by atoms with van der Waals surface area (Å²) in [4.78, 5) is 12.0. The minimum Gasteiger partial charge on any atom is -0.386 e. The van der Waals surface area contributed by atoms with E-state index in [0.29, 0.717) is 5.56 Å². The summed E-state index contributed by atoms with van der Waals surface area (Å²) < 4.78 is 28.3. The number of hydrogen-bond acceptors (Lipinski definition) is 3. The Labute approximate surface area is 133 Å². The molecule has 0 fully saturated rings. The summed E-state index contributed by atoms with van der Waals surface area (Å²) in [6.45, 7) is 0. The predicted molar refractivity (Wildman–Crippen MR) is 84.1 cm³/mol.